The fourth-order valence-corrected chi connectivity index (χ4v) is 3.44. The molecule has 0 aliphatic heterocycles. The summed E-state index contributed by atoms with van der Waals surface area (Å²) in [6.07, 6.45) is 2.89. The number of rotatable bonds is 3. The van der Waals surface area contributed by atoms with Crippen LogP contribution < -0.4 is 0 Å². The molecule has 0 spiro atoms. The Labute approximate surface area is 139 Å². The molecule has 0 saturated heterocycles. The zero-order chi connectivity index (χ0) is 16.7. The molecule has 1 atom stereocenters. The van der Waals surface area contributed by atoms with Gasteiger partial charge in [0.1, 0.15) is 6.61 Å². The van der Waals surface area contributed by atoms with Gasteiger partial charge in [0.2, 0.25) is 0 Å². The Morgan fingerprint density at radius 1 is 1.29 bits per heavy atom. The van der Waals surface area contributed by atoms with Gasteiger partial charge in [-0.2, -0.15) is 4.98 Å². The van der Waals surface area contributed by atoms with Crippen LogP contribution in [0.25, 0.3) is 5.78 Å². The summed E-state index contributed by atoms with van der Waals surface area (Å²) in [6.45, 7) is 2.41. The number of fused-ring (bicyclic) bond motifs is 3. The number of methoxy groups -OCH3 is 1. The molecule has 1 aliphatic rings. The van der Waals surface area contributed by atoms with Crippen molar-refractivity contribution in [1.29, 1.82) is 0 Å². The molecule has 1 unspecified atom stereocenters. The third-order valence-corrected chi connectivity index (χ3v) is 4.58. The standard InChI is InChI=1S/C18H18N4O2/c1-11-5-3-4-6-13(11)12-7-15-14(16(23)8-12)9-19-18-20-17(10-24-2)21-22(15)18/h3-6,9,12H,7-8,10H2,1-2H3. The number of carbonyl (C=O) groups excluding carboxylic acids is 1. The minimum absolute atomic E-state index is 0.114. The Morgan fingerprint density at radius 3 is 2.92 bits per heavy atom. The van der Waals surface area contributed by atoms with Crippen LogP contribution in [0.4, 0.5) is 0 Å². The molecule has 1 aliphatic carbocycles. The quantitative estimate of drug-likeness (QED) is 0.741. The van der Waals surface area contributed by atoms with Gasteiger partial charge < -0.3 is 4.74 Å². The second-order valence-corrected chi connectivity index (χ2v) is 6.18. The van der Waals surface area contributed by atoms with Crippen molar-refractivity contribution in [2.75, 3.05) is 7.11 Å². The minimum Gasteiger partial charge on any atom is -0.377 e. The smallest absolute Gasteiger partial charge is 0.252 e. The highest BCUT2D eigenvalue weighted by Gasteiger charge is 2.30. The van der Waals surface area contributed by atoms with Crippen LogP contribution >= 0.6 is 0 Å². The predicted octanol–water partition coefficient (Wildman–Crippen LogP) is 2.49. The normalized spacial score (nSPS) is 17.2. The summed E-state index contributed by atoms with van der Waals surface area (Å²) in [5, 5.41) is 4.47. The summed E-state index contributed by atoms with van der Waals surface area (Å²) in [4.78, 5) is 21.3. The van der Waals surface area contributed by atoms with Crippen molar-refractivity contribution >= 4 is 11.6 Å². The second-order valence-electron chi connectivity index (χ2n) is 6.18. The van der Waals surface area contributed by atoms with E-state index >= 15 is 0 Å². The number of hydrogen-bond acceptors (Lipinski definition) is 5. The fourth-order valence-electron chi connectivity index (χ4n) is 3.44. The largest absolute Gasteiger partial charge is 0.377 e. The molecule has 24 heavy (non-hydrogen) atoms. The van der Waals surface area contributed by atoms with E-state index in [1.54, 1.807) is 17.8 Å². The van der Waals surface area contributed by atoms with Crippen LogP contribution in [0, 0.1) is 6.92 Å². The number of Topliss-reactive ketones (excluding diaryl/α,β-unsaturated/α-hetero) is 1. The van der Waals surface area contributed by atoms with E-state index in [9.17, 15) is 4.79 Å². The molecule has 2 aromatic heterocycles. The minimum atomic E-state index is 0.114. The molecule has 0 saturated carbocycles. The van der Waals surface area contributed by atoms with Gasteiger partial charge in [0.25, 0.3) is 5.78 Å². The zero-order valence-corrected chi connectivity index (χ0v) is 13.7. The van der Waals surface area contributed by atoms with E-state index in [1.165, 1.54) is 11.1 Å². The van der Waals surface area contributed by atoms with Gasteiger partial charge in [-0.05, 0) is 30.4 Å². The maximum absolute atomic E-state index is 12.6. The lowest BCUT2D eigenvalue weighted by Crippen LogP contribution is -2.23. The summed E-state index contributed by atoms with van der Waals surface area (Å²) in [7, 11) is 1.60. The SMILES string of the molecule is COCc1nc2ncc3c(n2n1)CC(c1ccccc1C)CC3=O. The first-order chi connectivity index (χ1) is 11.7. The van der Waals surface area contributed by atoms with Gasteiger partial charge in [0, 0.05) is 19.7 Å². The maximum atomic E-state index is 12.6. The Bertz CT molecular complexity index is 932. The number of carbonyl (C=O) groups is 1. The van der Waals surface area contributed by atoms with Gasteiger partial charge in [-0.25, -0.2) is 9.50 Å². The first-order valence-electron chi connectivity index (χ1n) is 7.98. The molecule has 2 heterocycles. The molecule has 0 bridgehead atoms. The average Bonchev–Trinajstić information content (AvgIpc) is 2.98. The van der Waals surface area contributed by atoms with E-state index in [2.05, 4.69) is 34.1 Å². The second kappa shape index (κ2) is 5.79. The molecule has 6 heteroatoms. The van der Waals surface area contributed by atoms with Crippen molar-refractivity contribution in [3.8, 4) is 0 Å². The monoisotopic (exact) mass is 322 g/mol. The maximum Gasteiger partial charge on any atom is 0.252 e. The molecule has 122 valence electrons. The lowest BCUT2D eigenvalue weighted by Gasteiger charge is -2.25. The molecular weight excluding hydrogens is 304 g/mol. The van der Waals surface area contributed by atoms with Crippen LogP contribution in [0.2, 0.25) is 0 Å². The third kappa shape index (κ3) is 2.39. The van der Waals surface area contributed by atoms with Crippen LogP contribution in [0.1, 0.15) is 45.3 Å². The summed E-state index contributed by atoms with van der Waals surface area (Å²) < 4.78 is 6.80. The molecule has 0 radical (unpaired) electrons. The zero-order valence-electron chi connectivity index (χ0n) is 13.7. The first kappa shape index (κ1) is 15.0. The van der Waals surface area contributed by atoms with Gasteiger partial charge in [0.15, 0.2) is 11.6 Å². The first-order valence-corrected chi connectivity index (χ1v) is 7.98. The molecule has 3 aromatic rings. The van der Waals surface area contributed by atoms with Gasteiger partial charge in [-0.1, -0.05) is 24.3 Å². The molecule has 4 rings (SSSR count). The van der Waals surface area contributed by atoms with Crippen LogP contribution in [0.15, 0.2) is 30.5 Å². The average molecular weight is 322 g/mol. The van der Waals surface area contributed by atoms with E-state index in [0.717, 1.165) is 12.1 Å². The summed E-state index contributed by atoms with van der Waals surface area (Å²) >= 11 is 0. The number of aromatic nitrogens is 4. The number of ether oxygens (including phenoxy) is 1. The molecule has 0 N–H and O–H groups in total. The highest BCUT2D eigenvalue weighted by molar-refractivity contribution is 5.98. The Hall–Kier alpha value is -2.60. The predicted molar refractivity (Wildman–Crippen MR) is 88.1 cm³/mol. The number of aryl methyl sites for hydroxylation is 1. The molecule has 6 nitrogen and oxygen atoms in total. The molecule has 1 aromatic carbocycles. The van der Waals surface area contributed by atoms with Gasteiger partial charge in [0.05, 0.1) is 11.3 Å². The van der Waals surface area contributed by atoms with E-state index in [1.807, 2.05) is 12.1 Å². The van der Waals surface area contributed by atoms with Crippen molar-refractivity contribution in [3.63, 3.8) is 0 Å². The summed E-state index contributed by atoms with van der Waals surface area (Å²) in [5.41, 5.74) is 3.97. The summed E-state index contributed by atoms with van der Waals surface area (Å²) in [6, 6.07) is 8.24. The molecule has 0 amide bonds. The van der Waals surface area contributed by atoms with E-state index in [4.69, 9.17) is 4.74 Å². The number of ketones is 1. The Morgan fingerprint density at radius 2 is 2.12 bits per heavy atom. The lowest BCUT2D eigenvalue weighted by molar-refractivity contribution is 0.0962. The van der Waals surface area contributed by atoms with Crippen molar-refractivity contribution in [3.05, 3.63) is 58.7 Å². The van der Waals surface area contributed by atoms with Gasteiger partial charge >= 0.3 is 0 Å². The molecule has 0 fully saturated rings. The van der Waals surface area contributed by atoms with Gasteiger partial charge in [-0.15, -0.1) is 5.10 Å². The number of benzene rings is 1. The van der Waals surface area contributed by atoms with Gasteiger partial charge in [-0.3, -0.25) is 4.79 Å². The van der Waals surface area contributed by atoms with Crippen molar-refractivity contribution < 1.29 is 9.53 Å². The topological polar surface area (TPSA) is 69.4 Å². The molecular formula is C18H18N4O2. The lowest BCUT2D eigenvalue weighted by atomic mass is 9.80. The third-order valence-electron chi connectivity index (χ3n) is 4.58. The number of hydrogen-bond donors (Lipinski definition) is 0. The van der Waals surface area contributed by atoms with E-state index < -0.39 is 0 Å². The van der Waals surface area contributed by atoms with Crippen LogP contribution in [0.5, 0.6) is 0 Å². The van der Waals surface area contributed by atoms with E-state index in [-0.39, 0.29) is 11.7 Å². The van der Waals surface area contributed by atoms with Crippen molar-refractivity contribution in [2.24, 2.45) is 0 Å². The fraction of sp³-hybridized carbons (Fsp3) is 0.333. The Balaban J connectivity index is 1.81. The summed E-state index contributed by atoms with van der Waals surface area (Å²) in [5.74, 6) is 1.36. The van der Waals surface area contributed by atoms with E-state index in [0.29, 0.717) is 30.2 Å². The van der Waals surface area contributed by atoms with Crippen molar-refractivity contribution in [1.82, 2.24) is 19.6 Å². The van der Waals surface area contributed by atoms with Crippen LogP contribution in [-0.4, -0.2) is 32.5 Å². The Kier molecular flexibility index (Phi) is 3.61. The van der Waals surface area contributed by atoms with Crippen molar-refractivity contribution in [2.45, 2.75) is 32.3 Å². The highest BCUT2D eigenvalue weighted by Crippen LogP contribution is 2.33. The van der Waals surface area contributed by atoms with Crippen LogP contribution in [-0.2, 0) is 17.8 Å². The van der Waals surface area contributed by atoms with Crippen LogP contribution in [0.3, 0.4) is 0 Å². The number of nitrogens with zero attached hydrogens (tertiary/aromatic N) is 4. The highest BCUT2D eigenvalue weighted by atomic mass is 16.5.